The molecule has 0 bridgehead atoms. The van der Waals surface area contributed by atoms with Gasteiger partial charge in [-0.25, -0.2) is 0 Å². The summed E-state index contributed by atoms with van der Waals surface area (Å²) in [4.78, 5) is 0. The second kappa shape index (κ2) is 5.31. The lowest BCUT2D eigenvalue weighted by atomic mass is 9.77. The predicted octanol–water partition coefficient (Wildman–Crippen LogP) is 2.17. The Kier molecular flexibility index (Phi) is 3.90. The van der Waals surface area contributed by atoms with Crippen molar-refractivity contribution in [3.8, 4) is 0 Å². The lowest BCUT2D eigenvalue weighted by Crippen LogP contribution is -2.51. The van der Waals surface area contributed by atoms with Gasteiger partial charge < -0.3 is 4.74 Å². The monoisotopic (exact) mass is 270 g/mol. The molecule has 3 aliphatic rings. The molecule has 18 heavy (non-hydrogen) atoms. The third-order valence-corrected chi connectivity index (χ3v) is 6.25. The second-order valence-electron chi connectivity index (χ2n) is 6.47. The number of hydrogen-bond acceptors (Lipinski definition) is 4. The van der Waals surface area contributed by atoms with E-state index in [1.165, 1.54) is 43.6 Å². The van der Waals surface area contributed by atoms with Gasteiger partial charge in [-0.05, 0) is 61.4 Å². The van der Waals surface area contributed by atoms with Gasteiger partial charge in [0.1, 0.15) is 0 Å². The fraction of sp³-hybridized carbons (Fsp3) is 1.00. The number of rotatable bonds is 3. The van der Waals surface area contributed by atoms with Crippen molar-refractivity contribution in [3.05, 3.63) is 0 Å². The SMILES string of the molecule is CC1CC1C(NN)C1CCOC2(CCSCC2)C1. The molecule has 0 radical (unpaired) electrons. The molecule has 1 aliphatic carbocycles. The zero-order valence-electron chi connectivity index (χ0n) is 11.4. The highest BCUT2D eigenvalue weighted by Crippen LogP contribution is 2.47. The normalized spacial score (nSPS) is 40.7. The van der Waals surface area contributed by atoms with Crippen molar-refractivity contribution in [2.75, 3.05) is 18.1 Å². The fourth-order valence-electron chi connectivity index (χ4n) is 3.92. The van der Waals surface area contributed by atoms with Crippen LogP contribution in [0.1, 0.15) is 39.0 Å². The second-order valence-corrected chi connectivity index (χ2v) is 7.69. The van der Waals surface area contributed by atoms with Crippen LogP contribution in [-0.4, -0.2) is 29.8 Å². The standard InChI is InChI=1S/C14H26N2OS/c1-10-8-12(10)13(16-15)11-2-5-17-14(9-11)3-6-18-7-4-14/h10-13,16H,2-9,15H2,1H3. The predicted molar refractivity (Wildman–Crippen MR) is 76.3 cm³/mol. The zero-order valence-corrected chi connectivity index (χ0v) is 12.2. The van der Waals surface area contributed by atoms with Crippen LogP contribution in [0.4, 0.5) is 0 Å². The van der Waals surface area contributed by atoms with E-state index in [4.69, 9.17) is 10.6 Å². The Morgan fingerprint density at radius 1 is 1.39 bits per heavy atom. The van der Waals surface area contributed by atoms with Crippen LogP contribution in [0.5, 0.6) is 0 Å². The average Bonchev–Trinajstić information content (AvgIpc) is 3.08. The largest absolute Gasteiger partial charge is 0.375 e. The molecule has 1 spiro atoms. The van der Waals surface area contributed by atoms with Crippen LogP contribution < -0.4 is 11.3 Å². The van der Waals surface area contributed by atoms with Crippen LogP contribution in [-0.2, 0) is 4.74 Å². The van der Waals surface area contributed by atoms with Crippen LogP contribution in [0, 0.1) is 17.8 Å². The molecule has 0 amide bonds. The molecule has 0 aromatic rings. The van der Waals surface area contributed by atoms with Gasteiger partial charge in [-0.1, -0.05) is 6.92 Å². The van der Waals surface area contributed by atoms with Crippen LogP contribution in [0.2, 0.25) is 0 Å². The topological polar surface area (TPSA) is 47.3 Å². The van der Waals surface area contributed by atoms with Crippen LogP contribution in [0.25, 0.3) is 0 Å². The smallest absolute Gasteiger partial charge is 0.0701 e. The summed E-state index contributed by atoms with van der Waals surface area (Å²) < 4.78 is 6.18. The van der Waals surface area contributed by atoms with Gasteiger partial charge in [0.05, 0.1) is 5.60 Å². The Balaban J connectivity index is 1.65. The molecule has 3 N–H and O–H groups in total. The van der Waals surface area contributed by atoms with E-state index in [1.54, 1.807) is 0 Å². The highest BCUT2D eigenvalue weighted by molar-refractivity contribution is 7.99. The maximum absolute atomic E-state index is 6.18. The zero-order chi connectivity index (χ0) is 12.6. The Hall–Kier alpha value is 0.230. The molecule has 1 saturated carbocycles. The van der Waals surface area contributed by atoms with Crippen molar-refractivity contribution < 1.29 is 4.74 Å². The molecule has 2 aliphatic heterocycles. The minimum absolute atomic E-state index is 0.196. The van der Waals surface area contributed by atoms with Crippen LogP contribution >= 0.6 is 11.8 Å². The third-order valence-electron chi connectivity index (χ3n) is 5.27. The van der Waals surface area contributed by atoms with Crippen LogP contribution in [0.15, 0.2) is 0 Å². The quantitative estimate of drug-likeness (QED) is 0.609. The lowest BCUT2D eigenvalue weighted by molar-refractivity contribution is -0.108. The summed E-state index contributed by atoms with van der Waals surface area (Å²) in [5.74, 6) is 10.8. The number of nitrogens with two attached hydrogens (primary N) is 1. The number of hydrazine groups is 1. The van der Waals surface area contributed by atoms with Crippen molar-refractivity contribution in [3.63, 3.8) is 0 Å². The van der Waals surface area contributed by atoms with Crippen molar-refractivity contribution in [2.24, 2.45) is 23.6 Å². The van der Waals surface area contributed by atoms with Gasteiger partial charge in [-0.2, -0.15) is 11.8 Å². The maximum Gasteiger partial charge on any atom is 0.0701 e. The van der Waals surface area contributed by atoms with Gasteiger partial charge in [0.15, 0.2) is 0 Å². The van der Waals surface area contributed by atoms with Crippen LogP contribution in [0.3, 0.4) is 0 Å². The molecule has 2 saturated heterocycles. The first-order valence-electron chi connectivity index (χ1n) is 7.42. The molecule has 4 heteroatoms. The summed E-state index contributed by atoms with van der Waals surface area (Å²) in [6.45, 7) is 3.29. The molecule has 104 valence electrons. The third kappa shape index (κ3) is 2.58. The van der Waals surface area contributed by atoms with Crippen molar-refractivity contribution >= 4 is 11.8 Å². The Labute approximate surface area is 115 Å². The fourth-order valence-corrected chi connectivity index (χ4v) is 5.16. The molecule has 0 aromatic carbocycles. The average molecular weight is 270 g/mol. The van der Waals surface area contributed by atoms with Gasteiger partial charge in [-0.3, -0.25) is 11.3 Å². The number of hydrogen-bond donors (Lipinski definition) is 2. The Bertz CT molecular complexity index is 288. The number of thioether (sulfide) groups is 1. The van der Waals surface area contributed by atoms with E-state index in [0.717, 1.165) is 24.4 Å². The van der Waals surface area contributed by atoms with Crippen molar-refractivity contribution in [1.82, 2.24) is 5.43 Å². The molecule has 3 nitrogen and oxygen atoms in total. The number of ether oxygens (including phenoxy) is 1. The van der Waals surface area contributed by atoms with E-state index in [9.17, 15) is 0 Å². The highest BCUT2D eigenvalue weighted by atomic mass is 32.2. The lowest BCUT2D eigenvalue weighted by Gasteiger charge is -2.45. The first-order chi connectivity index (χ1) is 8.74. The van der Waals surface area contributed by atoms with Crippen molar-refractivity contribution in [1.29, 1.82) is 0 Å². The molecular weight excluding hydrogens is 244 g/mol. The van der Waals surface area contributed by atoms with E-state index >= 15 is 0 Å². The molecular formula is C14H26N2OS. The summed E-state index contributed by atoms with van der Waals surface area (Å²) in [5.41, 5.74) is 3.32. The van der Waals surface area contributed by atoms with E-state index in [2.05, 4.69) is 24.1 Å². The Morgan fingerprint density at radius 2 is 2.11 bits per heavy atom. The minimum Gasteiger partial charge on any atom is -0.375 e. The van der Waals surface area contributed by atoms with E-state index in [0.29, 0.717) is 6.04 Å². The molecule has 4 atom stereocenters. The van der Waals surface area contributed by atoms with E-state index < -0.39 is 0 Å². The molecule has 4 unspecified atom stereocenters. The van der Waals surface area contributed by atoms with Gasteiger partial charge in [0.2, 0.25) is 0 Å². The minimum atomic E-state index is 0.196. The van der Waals surface area contributed by atoms with E-state index in [1.807, 2.05) is 0 Å². The molecule has 3 rings (SSSR count). The van der Waals surface area contributed by atoms with Gasteiger partial charge >= 0.3 is 0 Å². The van der Waals surface area contributed by atoms with Gasteiger partial charge in [0, 0.05) is 12.6 Å². The van der Waals surface area contributed by atoms with Gasteiger partial charge in [0.25, 0.3) is 0 Å². The summed E-state index contributed by atoms with van der Waals surface area (Å²) >= 11 is 2.08. The summed E-state index contributed by atoms with van der Waals surface area (Å²) in [6.07, 6.45) is 6.26. The molecule has 2 heterocycles. The maximum atomic E-state index is 6.18. The first kappa shape index (κ1) is 13.2. The Morgan fingerprint density at radius 3 is 2.72 bits per heavy atom. The highest BCUT2D eigenvalue weighted by Gasteiger charge is 2.47. The van der Waals surface area contributed by atoms with Crippen molar-refractivity contribution in [2.45, 2.75) is 50.7 Å². The first-order valence-corrected chi connectivity index (χ1v) is 8.57. The summed E-state index contributed by atoms with van der Waals surface area (Å²) in [7, 11) is 0. The number of nitrogens with one attached hydrogen (secondary N) is 1. The van der Waals surface area contributed by atoms with Gasteiger partial charge in [-0.15, -0.1) is 0 Å². The summed E-state index contributed by atoms with van der Waals surface area (Å²) in [5, 5.41) is 0. The summed E-state index contributed by atoms with van der Waals surface area (Å²) in [6, 6.07) is 0.523. The van der Waals surface area contributed by atoms with E-state index in [-0.39, 0.29) is 5.60 Å². The molecule has 3 fully saturated rings. The molecule has 0 aromatic heterocycles.